The molecule has 1 aromatic carbocycles. The van der Waals surface area contributed by atoms with Gasteiger partial charge in [-0.3, -0.25) is 4.68 Å². The molecule has 1 aliphatic carbocycles. The Morgan fingerprint density at radius 3 is 2.80 bits per heavy atom. The lowest BCUT2D eigenvalue weighted by Gasteiger charge is -2.20. The van der Waals surface area contributed by atoms with Crippen molar-refractivity contribution in [3.05, 3.63) is 46.8 Å². The SMILES string of the molecule is COc1ccc(Cn2nc(C)c3c2CCCC3N)cc1. The minimum atomic E-state index is 0.156. The fraction of sp³-hybridized carbons (Fsp3) is 0.438. The van der Waals surface area contributed by atoms with Gasteiger partial charge in [0.15, 0.2) is 0 Å². The summed E-state index contributed by atoms with van der Waals surface area (Å²) in [6, 6.07) is 8.31. The van der Waals surface area contributed by atoms with E-state index in [-0.39, 0.29) is 6.04 Å². The fourth-order valence-corrected chi connectivity index (χ4v) is 3.06. The van der Waals surface area contributed by atoms with Crippen LogP contribution in [0.5, 0.6) is 5.75 Å². The average molecular weight is 271 g/mol. The van der Waals surface area contributed by atoms with E-state index in [1.54, 1.807) is 7.11 Å². The van der Waals surface area contributed by atoms with Crippen molar-refractivity contribution in [2.75, 3.05) is 7.11 Å². The third kappa shape index (κ3) is 2.31. The van der Waals surface area contributed by atoms with Crippen LogP contribution >= 0.6 is 0 Å². The number of nitrogens with two attached hydrogens (primary N) is 1. The van der Waals surface area contributed by atoms with E-state index >= 15 is 0 Å². The molecule has 0 saturated heterocycles. The first-order chi connectivity index (χ1) is 9.69. The smallest absolute Gasteiger partial charge is 0.118 e. The van der Waals surface area contributed by atoms with E-state index < -0.39 is 0 Å². The first-order valence-corrected chi connectivity index (χ1v) is 7.13. The molecule has 0 spiro atoms. The molecule has 20 heavy (non-hydrogen) atoms. The molecule has 2 N–H and O–H groups in total. The molecule has 0 amide bonds. The Balaban J connectivity index is 1.89. The van der Waals surface area contributed by atoms with Crippen molar-refractivity contribution in [3.8, 4) is 5.75 Å². The second-order valence-corrected chi connectivity index (χ2v) is 5.45. The van der Waals surface area contributed by atoms with Gasteiger partial charge in [0, 0.05) is 17.3 Å². The number of hydrogen-bond acceptors (Lipinski definition) is 3. The molecular weight excluding hydrogens is 250 g/mol. The molecule has 0 bridgehead atoms. The maximum absolute atomic E-state index is 6.22. The highest BCUT2D eigenvalue weighted by molar-refractivity contribution is 5.33. The normalized spacial score (nSPS) is 17.9. The molecule has 1 atom stereocenters. The second-order valence-electron chi connectivity index (χ2n) is 5.45. The molecule has 1 unspecified atom stereocenters. The summed E-state index contributed by atoms with van der Waals surface area (Å²) in [7, 11) is 1.68. The summed E-state index contributed by atoms with van der Waals surface area (Å²) in [5.41, 5.74) is 11.1. The summed E-state index contributed by atoms with van der Waals surface area (Å²) in [6.07, 6.45) is 3.31. The summed E-state index contributed by atoms with van der Waals surface area (Å²) < 4.78 is 7.31. The van der Waals surface area contributed by atoms with Gasteiger partial charge in [-0.05, 0) is 43.9 Å². The van der Waals surface area contributed by atoms with E-state index in [9.17, 15) is 0 Å². The van der Waals surface area contributed by atoms with Crippen LogP contribution in [-0.4, -0.2) is 16.9 Å². The first kappa shape index (κ1) is 13.2. The van der Waals surface area contributed by atoms with Crippen LogP contribution in [0.2, 0.25) is 0 Å². The molecule has 2 aromatic rings. The van der Waals surface area contributed by atoms with E-state index in [1.165, 1.54) is 16.8 Å². The molecule has 1 aromatic heterocycles. The number of benzene rings is 1. The van der Waals surface area contributed by atoms with Gasteiger partial charge in [0.25, 0.3) is 0 Å². The van der Waals surface area contributed by atoms with Crippen molar-refractivity contribution < 1.29 is 4.74 Å². The Hall–Kier alpha value is -1.81. The maximum atomic E-state index is 6.22. The van der Waals surface area contributed by atoms with Gasteiger partial charge >= 0.3 is 0 Å². The average Bonchev–Trinajstić information content (AvgIpc) is 2.77. The van der Waals surface area contributed by atoms with Gasteiger partial charge in [-0.25, -0.2) is 0 Å². The zero-order valence-corrected chi connectivity index (χ0v) is 12.1. The van der Waals surface area contributed by atoms with Gasteiger partial charge in [0.1, 0.15) is 5.75 Å². The molecule has 0 aliphatic heterocycles. The van der Waals surface area contributed by atoms with E-state index in [2.05, 4.69) is 28.8 Å². The zero-order valence-electron chi connectivity index (χ0n) is 12.1. The third-order valence-electron chi connectivity index (χ3n) is 4.07. The monoisotopic (exact) mass is 271 g/mol. The molecule has 4 heteroatoms. The molecule has 106 valence electrons. The largest absolute Gasteiger partial charge is 0.497 e. The van der Waals surface area contributed by atoms with Gasteiger partial charge in [0.2, 0.25) is 0 Å². The van der Waals surface area contributed by atoms with Gasteiger partial charge in [-0.1, -0.05) is 12.1 Å². The second kappa shape index (κ2) is 5.29. The van der Waals surface area contributed by atoms with Crippen LogP contribution in [0.1, 0.15) is 41.4 Å². The quantitative estimate of drug-likeness (QED) is 0.933. The van der Waals surface area contributed by atoms with E-state index in [0.717, 1.165) is 37.3 Å². The number of fused-ring (bicyclic) bond motifs is 1. The molecule has 3 rings (SSSR count). The van der Waals surface area contributed by atoms with Crippen molar-refractivity contribution in [2.24, 2.45) is 5.73 Å². The maximum Gasteiger partial charge on any atom is 0.118 e. The minimum Gasteiger partial charge on any atom is -0.497 e. The van der Waals surface area contributed by atoms with E-state index in [0.29, 0.717) is 0 Å². The van der Waals surface area contributed by atoms with Crippen LogP contribution in [0, 0.1) is 6.92 Å². The van der Waals surface area contributed by atoms with Gasteiger partial charge < -0.3 is 10.5 Å². The van der Waals surface area contributed by atoms with E-state index in [1.807, 2.05) is 12.1 Å². The number of rotatable bonds is 3. The Morgan fingerprint density at radius 1 is 1.35 bits per heavy atom. The molecule has 1 heterocycles. The van der Waals surface area contributed by atoms with Crippen LogP contribution < -0.4 is 10.5 Å². The highest BCUT2D eigenvalue weighted by Gasteiger charge is 2.24. The van der Waals surface area contributed by atoms with Gasteiger partial charge in [0.05, 0.1) is 19.3 Å². The van der Waals surface area contributed by atoms with Gasteiger partial charge in [-0.2, -0.15) is 5.10 Å². The number of methoxy groups -OCH3 is 1. The summed E-state index contributed by atoms with van der Waals surface area (Å²) in [4.78, 5) is 0. The number of hydrogen-bond donors (Lipinski definition) is 1. The fourth-order valence-electron chi connectivity index (χ4n) is 3.06. The standard InChI is InChI=1S/C16H21N3O/c1-11-16-14(17)4-3-5-15(16)19(18-11)10-12-6-8-13(20-2)9-7-12/h6-9,14H,3-5,10,17H2,1-2H3. The Labute approximate surface area is 119 Å². The van der Waals surface area contributed by atoms with Crippen molar-refractivity contribution >= 4 is 0 Å². The molecule has 0 saturated carbocycles. The summed E-state index contributed by atoms with van der Waals surface area (Å²) >= 11 is 0. The zero-order chi connectivity index (χ0) is 14.1. The lowest BCUT2D eigenvalue weighted by atomic mass is 9.92. The van der Waals surface area contributed by atoms with Crippen LogP contribution in [0.25, 0.3) is 0 Å². The van der Waals surface area contributed by atoms with Crippen LogP contribution in [0.3, 0.4) is 0 Å². The highest BCUT2D eigenvalue weighted by atomic mass is 16.5. The summed E-state index contributed by atoms with van der Waals surface area (Å²) in [6.45, 7) is 2.86. The number of aryl methyl sites for hydroxylation is 1. The highest BCUT2D eigenvalue weighted by Crippen LogP contribution is 2.30. The predicted molar refractivity (Wildman–Crippen MR) is 78.9 cm³/mol. The van der Waals surface area contributed by atoms with Crippen molar-refractivity contribution in [3.63, 3.8) is 0 Å². The van der Waals surface area contributed by atoms with Gasteiger partial charge in [-0.15, -0.1) is 0 Å². The van der Waals surface area contributed by atoms with Crippen LogP contribution in [0.15, 0.2) is 24.3 Å². The van der Waals surface area contributed by atoms with Crippen molar-refractivity contribution in [2.45, 2.75) is 38.8 Å². The summed E-state index contributed by atoms with van der Waals surface area (Å²) in [5.74, 6) is 0.884. The number of nitrogens with zero attached hydrogens (tertiary/aromatic N) is 2. The van der Waals surface area contributed by atoms with Crippen molar-refractivity contribution in [1.29, 1.82) is 0 Å². The predicted octanol–water partition coefficient (Wildman–Crippen LogP) is 2.58. The Kier molecular flexibility index (Phi) is 3.49. The molecular formula is C16H21N3O. The van der Waals surface area contributed by atoms with Crippen molar-refractivity contribution in [1.82, 2.24) is 9.78 Å². The first-order valence-electron chi connectivity index (χ1n) is 7.13. The number of aromatic nitrogens is 2. The molecule has 1 aliphatic rings. The number of ether oxygens (including phenoxy) is 1. The third-order valence-corrected chi connectivity index (χ3v) is 4.07. The Bertz CT molecular complexity index is 601. The topological polar surface area (TPSA) is 53.1 Å². The lowest BCUT2D eigenvalue weighted by molar-refractivity contribution is 0.414. The minimum absolute atomic E-state index is 0.156. The molecule has 4 nitrogen and oxygen atoms in total. The van der Waals surface area contributed by atoms with Crippen LogP contribution in [-0.2, 0) is 13.0 Å². The summed E-state index contributed by atoms with van der Waals surface area (Å²) in [5, 5.41) is 4.69. The van der Waals surface area contributed by atoms with E-state index in [4.69, 9.17) is 10.5 Å². The van der Waals surface area contributed by atoms with Crippen LogP contribution in [0.4, 0.5) is 0 Å². The molecule has 0 radical (unpaired) electrons. The Morgan fingerprint density at radius 2 is 2.10 bits per heavy atom. The lowest BCUT2D eigenvalue weighted by Crippen LogP contribution is -2.19. The molecule has 0 fully saturated rings.